The molecule has 144 valence electrons. The van der Waals surface area contributed by atoms with Gasteiger partial charge in [0.25, 0.3) is 5.19 Å². The van der Waals surface area contributed by atoms with E-state index in [1.165, 1.54) is 48.9 Å². The third-order valence-corrected chi connectivity index (χ3v) is 6.50. The minimum absolute atomic E-state index is 0.698. The molecular formula is C23H25N3OS. The number of piperidine rings is 1. The van der Waals surface area contributed by atoms with Crippen LogP contribution < -0.4 is 4.74 Å². The van der Waals surface area contributed by atoms with E-state index in [4.69, 9.17) is 4.74 Å². The van der Waals surface area contributed by atoms with Gasteiger partial charge in [-0.15, -0.1) is 0 Å². The van der Waals surface area contributed by atoms with Crippen LogP contribution in [0.3, 0.4) is 0 Å². The van der Waals surface area contributed by atoms with Crippen LogP contribution in [0, 0.1) is 0 Å². The second-order valence-electron chi connectivity index (χ2n) is 7.49. The first-order valence-electron chi connectivity index (χ1n) is 10.2. The molecule has 1 fully saturated rings. The lowest BCUT2D eigenvalue weighted by molar-refractivity contribution is 0.216. The van der Waals surface area contributed by atoms with Crippen molar-refractivity contribution in [1.82, 2.24) is 14.5 Å². The van der Waals surface area contributed by atoms with Gasteiger partial charge < -0.3 is 9.30 Å². The fourth-order valence-electron chi connectivity index (χ4n) is 4.22. The molecule has 4 aromatic rings. The second kappa shape index (κ2) is 7.57. The summed E-state index contributed by atoms with van der Waals surface area (Å²) in [5, 5.41) is 1.94. The number of aryl methyl sites for hydroxylation is 1. The van der Waals surface area contributed by atoms with Crippen LogP contribution in [0.2, 0.25) is 0 Å². The van der Waals surface area contributed by atoms with Crippen molar-refractivity contribution < 1.29 is 4.74 Å². The minimum atomic E-state index is 0.698. The van der Waals surface area contributed by atoms with Crippen molar-refractivity contribution in [3.63, 3.8) is 0 Å². The van der Waals surface area contributed by atoms with Gasteiger partial charge in [-0.05, 0) is 69.3 Å². The van der Waals surface area contributed by atoms with Gasteiger partial charge in [0, 0.05) is 29.7 Å². The fourth-order valence-corrected chi connectivity index (χ4v) is 5.05. The van der Waals surface area contributed by atoms with Gasteiger partial charge in [-0.1, -0.05) is 29.9 Å². The summed E-state index contributed by atoms with van der Waals surface area (Å²) in [6.45, 7) is 6.69. The first-order valence-corrected chi connectivity index (χ1v) is 11.0. The molecule has 1 saturated heterocycles. The highest BCUT2D eigenvalue weighted by Crippen LogP contribution is 2.33. The van der Waals surface area contributed by atoms with Crippen LogP contribution in [-0.4, -0.2) is 27.5 Å². The third kappa shape index (κ3) is 3.40. The zero-order valence-corrected chi connectivity index (χ0v) is 17.0. The van der Waals surface area contributed by atoms with E-state index in [9.17, 15) is 0 Å². The molecule has 4 nitrogen and oxygen atoms in total. The van der Waals surface area contributed by atoms with E-state index in [2.05, 4.69) is 51.7 Å². The van der Waals surface area contributed by atoms with Crippen molar-refractivity contribution in [2.45, 2.75) is 39.3 Å². The minimum Gasteiger partial charge on any atom is -0.431 e. The molecule has 2 aromatic heterocycles. The Kier molecular flexibility index (Phi) is 4.79. The summed E-state index contributed by atoms with van der Waals surface area (Å²) in [5.74, 6) is 0.851. The molecule has 3 heterocycles. The average Bonchev–Trinajstić information content (AvgIpc) is 3.28. The van der Waals surface area contributed by atoms with Gasteiger partial charge in [0.2, 0.25) is 0 Å². The molecule has 28 heavy (non-hydrogen) atoms. The van der Waals surface area contributed by atoms with Crippen molar-refractivity contribution in [2.24, 2.45) is 0 Å². The molecule has 1 aliphatic heterocycles. The number of hydrogen-bond donors (Lipinski definition) is 0. The maximum absolute atomic E-state index is 6.09. The number of thiazole rings is 1. The molecule has 0 unspecified atom stereocenters. The molecule has 0 N–H and O–H groups in total. The van der Waals surface area contributed by atoms with E-state index in [-0.39, 0.29) is 0 Å². The fraction of sp³-hybridized carbons (Fsp3) is 0.348. The molecule has 5 heteroatoms. The number of benzene rings is 2. The Labute approximate surface area is 169 Å². The summed E-state index contributed by atoms with van der Waals surface area (Å²) in [6, 6.07) is 16.9. The van der Waals surface area contributed by atoms with Crippen molar-refractivity contribution in [2.75, 3.05) is 13.1 Å². The molecule has 0 aliphatic carbocycles. The van der Waals surface area contributed by atoms with E-state index in [1.807, 2.05) is 18.2 Å². The number of ether oxygens (including phenoxy) is 1. The summed E-state index contributed by atoms with van der Waals surface area (Å²) < 4.78 is 9.68. The maximum atomic E-state index is 6.09. The van der Waals surface area contributed by atoms with E-state index < -0.39 is 0 Å². The van der Waals surface area contributed by atoms with Crippen LogP contribution in [0.1, 0.15) is 31.9 Å². The van der Waals surface area contributed by atoms with Crippen LogP contribution in [0.25, 0.3) is 21.1 Å². The molecule has 0 spiro atoms. The molecule has 0 atom stereocenters. The van der Waals surface area contributed by atoms with Crippen molar-refractivity contribution in [3.05, 3.63) is 54.2 Å². The molecule has 0 amide bonds. The first kappa shape index (κ1) is 17.7. The summed E-state index contributed by atoms with van der Waals surface area (Å²) in [4.78, 5) is 7.17. The summed E-state index contributed by atoms with van der Waals surface area (Å²) >= 11 is 1.59. The molecule has 0 radical (unpaired) electrons. The average molecular weight is 392 g/mol. The van der Waals surface area contributed by atoms with Gasteiger partial charge >= 0.3 is 0 Å². The van der Waals surface area contributed by atoms with Crippen LogP contribution in [0.15, 0.2) is 48.5 Å². The molecule has 0 bridgehead atoms. The Morgan fingerprint density at radius 2 is 1.89 bits per heavy atom. The highest BCUT2D eigenvalue weighted by Gasteiger charge is 2.15. The van der Waals surface area contributed by atoms with E-state index in [1.54, 1.807) is 11.3 Å². The van der Waals surface area contributed by atoms with Gasteiger partial charge in [0.15, 0.2) is 0 Å². The Bertz CT molecular complexity index is 1070. The van der Waals surface area contributed by atoms with Crippen molar-refractivity contribution >= 4 is 32.5 Å². The Hall–Kier alpha value is -2.37. The number of para-hydroxylation sites is 1. The molecule has 5 rings (SSSR count). The Morgan fingerprint density at radius 1 is 1.04 bits per heavy atom. The predicted octanol–water partition coefficient (Wildman–Crippen LogP) is 6.05. The Balaban J connectivity index is 1.43. The SMILES string of the molecule is CCn1c(CN2CCCCC2)cc2cc(Oc3nc4ccccc4s3)ccc21. The van der Waals surface area contributed by atoms with E-state index in [0.717, 1.165) is 29.1 Å². The summed E-state index contributed by atoms with van der Waals surface area (Å²) in [7, 11) is 0. The highest BCUT2D eigenvalue weighted by molar-refractivity contribution is 7.20. The largest absolute Gasteiger partial charge is 0.431 e. The zero-order valence-electron chi connectivity index (χ0n) is 16.2. The lowest BCUT2D eigenvalue weighted by atomic mass is 10.1. The van der Waals surface area contributed by atoms with Crippen LogP contribution in [-0.2, 0) is 13.1 Å². The van der Waals surface area contributed by atoms with Crippen LogP contribution in [0.4, 0.5) is 0 Å². The number of hydrogen-bond acceptors (Lipinski definition) is 4. The smallest absolute Gasteiger partial charge is 0.279 e. The molecule has 2 aromatic carbocycles. The van der Waals surface area contributed by atoms with Gasteiger partial charge in [-0.2, -0.15) is 0 Å². The molecule has 0 saturated carbocycles. The van der Waals surface area contributed by atoms with Gasteiger partial charge in [0.1, 0.15) is 5.75 Å². The van der Waals surface area contributed by atoms with Gasteiger partial charge in [-0.3, -0.25) is 4.90 Å². The number of likely N-dealkylation sites (tertiary alicyclic amines) is 1. The zero-order chi connectivity index (χ0) is 18.9. The topological polar surface area (TPSA) is 30.3 Å². The third-order valence-electron chi connectivity index (χ3n) is 5.59. The van der Waals surface area contributed by atoms with Gasteiger partial charge in [-0.25, -0.2) is 4.98 Å². The molecule has 1 aliphatic rings. The number of rotatable bonds is 5. The summed E-state index contributed by atoms with van der Waals surface area (Å²) in [5.41, 5.74) is 3.67. The van der Waals surface area contributed by atoms with E-state index >= 15 is 0 Å². The normalized spacial score (nSPS) is 15.5. The number of fused-ring (bicyclic) bond motifs is 2. The quantitative estimate of drug-likeness (QED) is 0.415. The lowest BCUT2D eigenvalue weighted by Crippen LogP contribution is -2.29. The van der Waals surface area contributed by atoms with Crippen LogP contribution in [0.5, 0.6) is 10.9 Å². The monoisotopic (exact) mass is 391 g/mol. The van der Waals surface area contributed by atoms with Crippen molar-refractivity contribution in [1.29, 1.82) is 0 Å². The standard InChI is InChI=1S/C23H25N3OS/c1-2-26-18(16-25-12-6-3-7-13-25)14-17-15-19(10-11-21(17)26)27-23-24-20-8-4-5-9-22(20)28-23/h4-5,8-11,14-15H,2-3,6-7,12-13,16H2,1H3. The molecular weight excluding hydrogens is 366 g/mol. The van der Waals surface area contributed by atoms with E-state index in [0.29, 0.717) is 5.19 Å². The lowest BCUT2D eigenvalue weighted by Gasteiger charge is -2.26. The van der Waals surface area contributed by atoms with Crippen molar-refractivity contribution in [3.8, 4) is 10.9 Å². The number of nitrogens with zero attached hydrogens (tertiary/aromatic N) is 3. The first-order chi connectivity index (χ1) is 13.8. The second-order valence-corrected chi connectivity index (χ2v) is 8.48. The number of aromatic nitrogens is 2. The summed E-state index contributed by atoms with van der Waals surface area (Å²) in [6.07, 6.45) is 4.03. The predicted molar refractivity (Wildman–Crippen MR) is 116 cm³/mol. The van der Waals surface area contributed by atoms with Gasteiger partial charge in [0.05, 0.1) is 10.2 Å². The maximum Gasteiger partial charge on any atom is 0.279 e. The highest BCUT2D eigenvalue weighted by atomic mass is 32.1. The van der Waals surface area contributed by atoms with Crippen LogP contribution >= 0.6 is 11.3 Å². The Morgan fingerprint density at radius 3 is 2.71 bits per heavy atom.